The molecule has 0 amide bonds. The fraction of sp³-hybridized carbons (Fsp3) is 0.333. The molecule has 200 valence electrons. The number of morpholine rings is 1. The quantitative estimate of drug-likeness (QED) is 0.298. The van der Waals surface area contributed by atoms with Gasteiger partial charge >= 0.3 is 0 Å². The van der Waals surface area contributed by atoms with E-state index in [9.17, 15) is 0 Å². The van der Waals surface area contributed by atoms with Crippen molar-refractivity contribution in [2.75, 3.05) is 13.2 Å². The lowest BCUT2D eigenvalue weighted by molar-refractivity contribution is -0.148. The standard InChI is InChI=1S/C33H32N6O/c1-20-3-2-12-34-31(20)24-8-11-30(35-16-24)32-29-14-25(17-36-33(29)38-37-32)23-5-4-21-6-9-26(10-7-22(21)13-23)39-27-15-28(39)19-40-18-27/h2-5,8,11-14,16-17,26-28H,6-7,9-10,15,18-19H2,1H3,(H,36,37,38)/t26-,27-,28+/m0/s1. The van der Waals surface area contributed by atoms with Crippen LogP contribution in [-0.2, 0) is 17.6 Å². The van der Waals surface area contributed by atoms with Crippen LogP contribution >= 0.6 is 0 Å². The van der Waals surface area contributed by atoms with E-state index in [4.69, 9.17) is 14.7 Å². The van der Waals surface area contributed by atoms with Gasteiger partial charge in [0, 0.05) is 53.2 Å². The van der Waals surface area contributed by atoms with E-state index in [0.717, 1.165) is 65.2 Å². The Bertz CT molecular complexity index is 1700. The van der Waals surface area contributed by atoms with Gasteiger partial charge in [-0.2, -0.15) is 5.10 Å². The van der Waals surface area contributed by atoms with E-state index < -0.39 is 0 Å². The Morgan fingerprint density at radius 2 is 1.65 bits per heavy atom. The van der Waals surface area contributed by atoms with Crippen molar-refractivity contribution in [2.45, 2.75) is 57.2 Å². The largest absolute Gasteiger partial charge is 0.378 e. The van der Waals surface area contributed by atoms with Gasteiger partial charge in [0.2, 0.25) is 0 Å². The van der Waals surface area contributed by atoms with E-state index in [0.29, 0.717) is 23.8 Å². The number of nitrogens with zero attached hydrogens (tertiary/aromatic N) is 5. The van der Waals surface area contributed by atoms with Gasteiger partial charge in [0.15, 0.2) is 5.65 Å². The molecule has 0 radical (unpaired) electrons. The number of rotatable bonds is 4. The summed E-state index contributed by atoms with van der Waals surface area (Å²) in [5, 5.41) is 8.62. The third-order valence-corrected chi connectivity index (χ3v) is 9.18. The monoisotopic (exact) mass is 528 g/mol. The van der Waals surface area contributed by atoms with Crippen molar-refractivity contribution in [1.29, 1.82) is 0 Å². The van der Waals surface area contributed by atoms with Crippen molar-refractivity contribution in [3.63, 3.8) is 0 Å². The second-order valence-corrected chi connectivity index (χ2v) is 11.5. The molecule has 8 rings (SSSR count). The maximum atomic E-state index is 5.74. The van der Waals surface area contributed by atoms with Crippen molar-refractivity contribution < 1.29 is 4.74 Å². The lowest BCUT2D eigenvalue weighted by Gasteiger charge is -2.56. The number of ether oxygens (including phenoxy) is 1. The average Bonchev–Trinajstić information content (AvgIpc) is 3.32. The maximum Gasteiger partial charge on any atom is 0.181 e. The predicted octanol–water partition coefficient (Wildman–Crippen LogP) is 5.78. The van der Waals surface area contributed by atoms with Crippen LogP contribution in [0.2, 0.25) is 0 Å². The molecule has 7 heteroatoms. The second-order valence-electron chi connectivity index (χ2n) is 11.5. The van der Waals surface area contributed by atoms with Crippen LogP contribution in [0.4, 0.5) is 0 Å². The van der Waals surface area contributed by atoms with Crippen molar-refractivity contribution in [1.82, 2.24) is 30.0 Å². The molecule has 4 aromatic heterocycles. The zero-order valence-electron chi connectivity index (χ0n) is 22.7. The Morgan fingerprint density at radius 3 is 2.45 bits per heavy atom. The smallest absolute Gasteiger partial charge is 0.181 e. The Balaban J connectivity index is 1.06. The number of aryl methyl sites for hydroxylation is 3. The minimum absolute atomic E-state index is 0.646. The molecule has 2 bridgehead atoms. The first-order valence-corrected chi connectivity index (χ1v) is 14.4. The first kappa shape index (κ1) is 23.9. The van der Waals surface area contributed by atoms with Crippen LogP contribution in [0.1, 0.15) is 36.0 Å². The van der Waals surface area contributed by atoms with E-state index >= 15 is 0 Å². The summed E-state index contributed by atoms with van der Waals surface area (Å²) in [6.07, 6.45) is 11.7. The number of aromatic amines is 1. The SMILES string of the molecule is Cc1cccnc1-c1ccc(-c2[nH]nc3ncc(-c4ccc5c(c4)CC[C@@H](N4[C@@H]6COC[C@H]4C6)CC5)cc23)nc1. The summed E-state index contributed by atoms with van der Waals surface area (Å²) < 4.78 is 5.74. The fourth-order valence-corrected chi connectivity index (χ4v) is 7.05. The van der Waals surface area contributed by atoms with Crippen LogP contribution in [0, 0.1) is 6.92 Å². The highest BCUT2D eigenvalue weighted by molar-refractivity contribution is 5.92. The van der Waals surface area contributed by atoms with Crippen molar-refractivity contribution in [3.8, 4) is 33.8 Å². The van der Waals surface area contributed by atoms with Gasteiger partial charge in [-0.15, -0.1) is 0 Å². The molecule has 7 nitrogen and oxygen atoms in total. The minimum atomic E-state index is 0.646. The number of pyridine rings is 3. The lowest BCUT2D eigenvalue weighted by atomic mass is 9.87. The van der Waals surface area contributed by atoms with Crippen LogP contribution in [-0.4, -0.2) is 61.4 Å². The highest BCUT2D eigenvalue weighted by atomic mass is 16.5. The normalized spacial score (nSPS) is 22.5. The van der Waals surface area contributed by atoms with Crippen molar-refractivity contribution >= 4 is 11.0 Å². The summed E-state index contributed by atoms with van der Waals surface area (Å²) in [6, 6.07) is 19.3. The molecule has 0 spiro atoms. The van der Waals surface area contributed by atoms with Gasteiger partial charge in [-0.25, -0.2) is 4.98 Å². The molecule has 2 aliphatic heterocycles. The molecule has 0 unspecified atom stereocenters. The van der Waals surface area contributed by atoms with Crippen LogP contribution in [0.15, 0.2) is 67.1 Å². The fourth-order valence-electron chi connectivity index (χ4n) is 7.05. The third-order valence-electron chi connectivity index (χ3n) is 9.18. The van der Waals surface area contributed by atoms with Crippen LogP contribution in [0.3, 0.4) is 0 Å². The Labute approximate surface area is 233 Å². The highest BCUT2D eigenvalue weighted by Crippen LogP contribution is 2.38. The number of nitrogens with one attached hydrogen (secondary N) is 1. The summed E-state index contributed by atoms with van der Waals surface area (Å²) in [6.45, 7) is 3.90. The Morgan fingerprint density at radius 1 is 0.825 bits per heavy atom. The van der Waals surface area contributed by atoms with Crippen LogP contribution in [0.5, 0.6) is 0 Å². The van der Waals surface area contributed by atoms with Crippen molar-refractivity contribution in [3.05, 3.63) is 83.8 Å². The molecule has 1 aliphatic carbocycles. The molecular weight excluding hydrogens is 496 g/mol. The van der Waals surface area contributed by atoms with E-state index in [-0.39, 0.29) is 0 Å². The van der Waals surface area contributed by atoms with E-state index in [2.05, 4.69) is 63.4 Å². The summed E-state index contributed by atoms with van der Waals surface area (Å²) in [5.41, 5.74) is 10.8. The van der Waals surface area contributed by atoms with Crippen molar-refractivity contribution in [2.24, 2.45) is 0 Å². The minimum Gasteiger partial charge on any atom is -0.378 e. The highest BCUT2D eigenvalue weighted by Gasteiger charge is 2.45. The van der Waals surface area contributed by atoms with E-state index in [1.54, 1.807) is 0 Å². The first-order valence-electron chi connectivity index (χ1n) is 14.4. The molecule has 3 atom stereocenters. The summed E-state index contributed by atoms with van der Waals surface area (Å²) >= 11 is 0. The molecular formula is C33H32N6O. The third kappa shape index (κ3) is 4.03. The Hall–Kier alpha value is -3.94. The number of aromatic nitrogens is 5. The van der Waals surface area contributed by atoms with Gasteiger partial charge in [-0.1, -0.05) is 24.3 Å². The van der Waals surface area contributed by atoms with Gasteiger partial charge in [0.1, 0.15) is 0 Å². The van der Waals surface area contributed by atoms with E-state index in [1.165, 1.54) is 36.0 Å². The lowest BCUT2D eigenvalue weighted by Crippen LogP contribution is -2.66. The molecule has 1 N–H and O–H groups in total. The van der Waals surface area contributed by atoms with E-state index in [1.807, 2.05) is 30.7 Å². The number of hydrogen-bond donors (Lipinski definition) is 1. The molecule has 0 saturated carbocycles. The zero-order chi connectivity index (χ0) is 26.6. The second kappa shape index (κ2) is 9.61. The van der Waals surface area contributed by atoms with Gasteiger partial charge < -0.3 is 4.74 Å². The topological polar surface area (TPSA) is 79.8 Å². The zero-order valence-corrected chi connectivity index (χ0v) is 22.7. The first-order chi connectivity index (χ1) is 19.7. The van der Waals surface area contributed by atoms with Gasteiger partial charge in [-0.3, -0.25) is 20.0 Å². The van der Waals surface area contributed by atoms with Gasteiger partial charge in [0.05, 0.1) is 30.3 Å². The molecule has 2 saturated heterocycles. The van der Waals surface area contributed by atoms with Gasteiger partial charge in [0.25, 0.3) is 0 Å². The molecule has 2 fully saturated rings. The predicted molar refractivity (Wildman–Crippen MR) is 156 cm³/mol. The molecule has 5 aromatic rings. The molecule has 6 heterocycles. The number of benzene rings is 1. The molecule has 1 aromatic carbocycles. The number of fused-ring (bicyclic) bond motifs is 4. The summed E-state index contributed by atoms with van der Waals surface area (Å²) in [4.78, 5) is 16.8. The molecule has 40 heavy (non-hydrogen) atoms. The average molecular weight is 529 g/mol. The number of hydrogen-bond acceptors (Lipinski definition) is 6. The molecule has 3 aliphatic rings. The summed E-state index contributed by atoms with van der Waals surface area (Å²) in [5.74, 6) is 0. The van der Waals surface area contributed by atoms with Gasteiger partial charge in [-0.05, 0) is 85.5 Å². The Kier molecular flexibility index (Phi) is 5.74. The van der Waals surface area contributed by atoms with Crippen LogP contribution in [0.25, 0.3) is 44.8 Å². The van der Waals surface area contributed by atoms with Crippen LogP contribution < -0.4 is 0 Å². The maximum absolute atomic E-state index is 5.74. The summed E-state index contributed by atoms with van der Waals surface area (Å²) in [7, 11) is 0. The number of H-pyrrole nitrogens is 1.